The molecule has 1 atom stereocenters. The molecule has 1 aliphatic rings. The smallest absolute Gasteiger partial charge is 0.300 e. The molecule has 4 rings (SSSR count). The predicted molar refractivity (Wildman–Crippen MR) is 109 cm³/mol. The summed E-state index contributed by atoms with van der Waals surface area (Å²) in [6.07, 6.45) is 0. The number of aliphatic hydroxyl groups excluding tert-OH is 1. The minimum Gasteiger partial charge on any atom is -0.507 e. The Labute approximate surface area is 171 Å². The molecule has 0 aliphatic carbocycles. The van der Waals surface area contributed by atoms with Gasteiger partial charge in [-0.25, -0.2) is 8.78 Å². The third kappa shape index (κ3) is 3.37. The van der Waals surface area contributed by atoms with Crippen LogP contribution in [0.2, 0.25) is 0 Å². The van der Waals surface area contributed by atoms with E-state index in [1.54, 1.807) is 24.3 Å². The molecule has 1 N–H and O–H groups in total. The molecule has 1 unspecified atom stereocenters. The van der Waals surface area contributed by atoms with Crippen LogP contribution in [0.4, 0.5) is 14.5 Å². The van der Waals surface area contributed by atoms with Crippen molar-refractivity contribution in [3.63, 3.8) is 0 Å². The van der Waals surface area contributed by atoms with Crippen LogP contribution < -0.4 is 4.90 Å². The van der Waals surface area contributed by atoms with Crippen LogP contribution in [0.3, 0.4) is 0 Å². The third-order valence-electron chi connectivity index (χ3n) is 5.04. The standard InChI is InChI=1S/C24H17F2NO3/c1-14-5-7-16(8-6-14)22(28)20-21(15-9-11-17(25)12-10-15)27(24(30)23(20)29)19-4-2-3-18(26)13-19/h2-13,21,28H,1H3/b22-20+. The van der Waals surface area contributed by atoms with Crippen molar-refractivity contribution in [2.75, 3.05) is 4.90 Å². The molecule has 30 heavy (non-hydrogen) atoms. The second kappa shape index (κ2) is 7.55. The van der Waals surface area contributed by atoms with Crippen molar-refractivity contribution in [1.29, 1.82) is 0 Å². The average molecular weight is 405 g/mol. The Kier molecular flexibility index (Phi) is 4.91. The highest BCUT2D eigenvalue weighted by Gasteiger charge is 2.47. The van der Waals surface area contributed by atoms with Gasteiger partial charge in [-0.15, -0.1) is 0 Å². The zero-order valence-electron chi connectivity index (χ0n) is 16.0. The molecule has 150 valence electrons. The Hall–Kier alpha value is -3.80. The number of hydrogen-bond acceptors (Lipinski definition) is 3. The lowest BCUT2D eigenvalue weighted by atomic mass is 9.95. The number of hydrogen-bond donors (Lipinski definition) is 1. The quantitative estimate of drug-likeness (QED) is 0.383. The summed E-state index contributed by atoms with van der Waals surface area (Å²) in [7, 11) is 0. The monoisotopic (exact) mass is 405 g/mol. The second-order valence-corrected chi connectivity index (χ2v) is 7.07. The summed E-state index contributed by atoms with van der Waals surface area (Å²) in [5.74, 6) is -3.21. The summed E-state index contributed by atoms with van der Waals surface area (Å²) in [5, 5.41) is 10.9. The number of amides is 1. The van der Waals surface area contributed by atoms with E-state index in [1.165, 1.54) is 42.5 Å². The molecule has 0 aromatic heterocycles. The number of rotatable bonds is 3. The lowest BCUT2D eigenvalue weighted by molar-refractivity contribution is -0.132. The van der Waals surface area contributed by atoms with Crippen molar-refractivity contribution in [2.45, 2.75) is 13.0 Å². The first-order chi connectivity index (χ1) is 14.4. The molecular formula is C24H17F2NO3. The first-order valence-electron chi connectivity index (χ1n) is 9.26. The lowest BCUT2D eigenvalue weighted by Crippen LogP contribution is -2.29. The summed E-state index contributed by atoms with van der Waals surface area (Å²) in [6, 6.07) is 16.3. The molecule has 1 heterocycles. The molecule has 1 saturated heterocycles. The maximum Gasteiger partial charge on any atom is 0.300 e. The number of aliphatic hydroxyl groups is 1. The van der Waals surface area contributed by atoms with Gasteiger partial charge in [0.2, 0.25) is 0 Å². The van der Waals surface area contributed by atoms with E-state index < -0.39 is 29.4 Å². The highest BCUT2D eigenvalue weighted by Crippen LogP contribution is 2.42. The van der Waals surface area contributed by atoms with Gasteiger partial charge in [-0.1, -0.05) is 48.0 Å². The minimum absolute atomic E-state index is 0.139. The molecule has 0 bridgehead atoms. The highest BCUT2D eigenvalue weighted by atomic mass is 19.1. The zero-order valence-corrected chi connectivity index (χ0v) is 16.0. The Bertz CT molecular complexity index is 1170. The number of carbonyl (C=O) groups excluding carboxylic acids is 2. The van der Waals surface area contributed by atoms with E-state index >= 15 is 0 Å². The number of nitrogens with zero attached hydrogens (tertiary/aromatic N) is 1. The highest BCUT2D eigenvalue weighted by molar-refractivity contribution is 6.51. The van der Waals surface area contributed by atoms with E-state index in [4.69, 9.17) is 0 Å². The van der Waals surface area contributed by atoms with Crippen LogP contribution in [0.25, 0.3) is 5.76 Å². The van der Waals surface area contributed by atoms with E-state index in [9.17, 15) is 23.5 Å². The van der Waals surface area contributed by atoms with Crippen molar-refractivity contribution in [2.24, 2.45) is 0 Å². The first kappa shape index (κ1) is 19.5. The first-order valence-corrected chi connectivity index (χ1v) is 9.26. The van der Waals surface area contributed by atoms with Gasteiger partial charge in [0, 0.05) is 11.3 Å². The molecule has 6 heteroatoms. The van der Waals surface area contributed by atoms with Crippen LogP contribution in [0.5, 0.6) is 0 Å². The Balaban J connectivity index is 1.95. The molecule has 0 saturated carbocycles. The van der Waals surface area contributed by atoms with Crippen molar-refractivity contribution in [1.82, 2.24) is 0 Å². The van der Waals surface area contributed by atoms with Gasteiger partial charge in [0.1, 0.15) is 17.4 Å². The average Bonchev–Trinajstić information content (AvgIpc) is 2.99. The molecule has 1 amide bonds. The molecule has 0 spiro atoms. The van der Waals surface area contributed by atoms with Gasteiger partial charge in [0.25, 0.3) is 11.7 Å². The van der Waals surface area contributed by atoms with E-state index in [-0.39, 0.29) is 17.0 Å². The summed E-state index contributed by atoms with van der Waals surface area (Å²) in [4.78, 5) is 27.0. The SMILES string of the molecule is Cc1ccc(/C(O)=C2\C(=O)C(=O)N(c3cccc(F)c3)C2c2ccc(F)cc2)cc1. The Morgan fingerprint density at radius 3 is 2.20 bits per heavy atom. The predicted octanol–water partition coefficient (Wildman–Crippen LogP) is 4.90. The molecule has 0 radical (unpaired) electrons. The van der Waals surface area contributed by atoms with E-state index in [0.29, 0.717) is 11.1 Å². The molecule has 1 fully saturated rings. The van der Waals surface area contributed by atoms with E-state index in [2.05, 4.69) is 0 Å². The van der Waals surface area contributed by atoms with Crippen molar-refractivity contribution >= 4 is 23.1 Å². The normalized spacial score (nSPS) is 18.1. The summed E-state index contributed by atoms with van der Waals surface area (Å²) < 4.78 is 27.4. The van der Waals surface area contributed by atoms with Crippen molar-refractivity contribution < 1.29 is 23.5 Å². The Morgan fingerprint density at radius 1 is 0.900 bits per heavy atom. The van der Waals surface area contributed by atoms with E-state index in [0.717, 1.165) is 16.5 Å². The summed E-state index contributed by atoms with van der Waals surface area (Å²) in [6.45, 7) is 1.88. The van der Waals surface area contributed by atoms with Gasteiger partial charge in [-0.2, -0.15) is 0 Å². The van der Waals surface area contributed by atoms with Gasteiger partial charge in [-0.05, 0) is 42.8 Å². The molecule has 1 aliphatic heterocycles. The zero-order chi connectivity index (χ0) is 21.4. The van der Waals surface area contributed by atoms with Crippen molar-refractivity contribution in [3.05, 3.63) is 107 Å². The van der Waals surface area contributed by atoms with Gasteiger partial charge < -0.3 is 5.11 Å². The van der Waals surface area contributed by atoms with Crippen molar-refractivity contribution in [3.8, 4) is 0 Å². The number of ketones is 1. The van der Waals surface area contributed by atoms with Crippen LogP contribution in [0.15, 0.2) is 78.4 Å². The van der Waals surface area contributed by atoms with Crippen LogP contribution in [-0.2, 0) is 9.59 Å². The fraction of sp³-hybridized carbons (Fsp3) is 0.0833. The number of Topliss-reactive ketones (excluding diaryl/α,β-unsaturated/α-hetero) is 1. The molecule has 3 aromatic carbocycles. The van der Waals surface area contributed by atoms with Gasteiger partial charge in [-0.3, -0.25) is 14.5 Å². The number of aryl methyl sites for hydroxylation is 1. The van der Waals surface area contributed by atoms with Crippen LogP contribution in [0, 0.1) is 18.6 Å². The Morgan fingerprint density at radius 2 is 1.57 bits per heavy atom. The van der Waals surface area contributed by atoms with E-state index in [1.807, 2.05) is 6.92 Å². The third-order valence-corrected chi connectivity index (χ3v) is 5.04. The maximum absolute atomic E-state index is 13.9. The van der Waals surface area contributed by atoms with Gasteiger partial charge in [0.15, 0.2) is 0 Å². The number of anilines is 1. The number of carbonyl (C=O) groups is 2. The maximum atomic E-state index is 13.9. The van der Waals surface area contributed by atoms with Gasteiger partial charge in [0.05, 0.1) is 11.6 Å². The largest absolute Gasteiger partial charge is 0.507 e. The fourth-order valence-electron chi connectivity index (χ4n) is 3.55. The van der Waals surface area contributed by atoms with Crippen LogP contribution in [0.1, 0.15) is 22.7 Å². The second-order valence-electron chi connectivity index (χ2n) is 7.07. The summed E-state index contributed by atoms with van der Waals surface area (Å²) in [5.41, 5.74) is 1.76. The molecule has 4 nitrogen and oxygen atoms in total. The van der Waals surface area contributed by atoms with Crippen LogP contribution in [-0.4, -0.2) is 16.8 Å². The lowest BCUT2D eigenvalue weighted by Gasteiger charge is -2.25. The minimum atomic E-state index is -1.03. The summed E-state index contributed by atoms with van der Waals surface area (Å²) >= 11 is 0. The molecular weight excluding hydrogens is 388 g/mol. The number of halogens is 2. The fourth-order valence-corrected chi connectivity index (χ4v) is 3.55. The van der Waals surface area contributed by atoms with Gasteiger partial charge >= 0.3 is 0 Å². The topological polar surface area (TPSA) is 57.6 Å². The molecule has 3 aromatic rings. The number of benzene rings is 3. The van der Waals surface area contributed by atoms with Crippen LogP contribution >= 0.6 is 0 Å².